The normalized spacial score (nSPS) is 12.9. The first-order valence-corrected chi connectivity index (χ1v) is 14.1. The number of nitrogens with zero attached hydrogens (tertiary/aromatic N) is 1. The predicted octanol–water partition coefficient (Wildman–Crippen LogP) is 6.04. The van der Waals surface area contributed by atoms with Crippen LogP contribution in [-0.2, 0) is 16.9 Å². The summed E-state index contributed by atoms with van der Waals surface area (Å²) in [6.07, 6.45) is 2.77. The highest BCUT2D eigenvalue weighted by atomic mass is 32.2. The van der Waals surface area contributed by atoms with Crippen LogP contribution >= 0.6 is 11.8 Å². The van der Waals surface area contributed by atoms with E-state index in [4.69, 9.17) is 4.74 Å². The number of hydrogen-bond donors (Lipinski definition) is 0. The maximum absolute atomic E-state index is 12.9. The Kier molecular flexibility index (Phi) is 6.22. The zero-order chi connectivity index (χ0) is 19.4. The molecule has 3 nitrogen and oxygen atoms in total. The summed E-state index contributed by atoms with van der Waals surface area (Å²) in [6, 6.07) is 13.3. The largest absolute Gasteiger partial charge is 0.462 e. The van der Waals surface area contributed by atoms with E-state index in [1.54, 1.807) is 11.8 Å². The van der Waals surface area contributed by atoms with Crippen LogP contribution in [0.25, 0.3) is 0 Å². The Morgan fingerprint density at radius 1 is 1.22 bits per heavy atom. The smallest absolute Gasteiger partial charge is 0.338 e. The number of ether oxygens (including phenoxy) is 1. The van der Waals surface area contributed by atoms with Crippen molar-refractivity contribution in [1.82, 2.24) is 0 Å². The van der Waals surface area contributed by atoms with Gasteiger partial charge in [0.25, 0.3) is 0 Å². The van der Waals surface area contributed by atoms with Crippen molar-refractivity contribution in [2.24, 2.45) is 4.99 Å². The number of fused-ring (bicyclic) bond motifs is 1. The average Bonchev–Trinajstić information content (AvgIpc) is 3.07. The zero-order valence-electron chi connectivity index (χ0n) is 16.5. The molecule has 142 valence electrons. The van der Waals surface area contributed by atoms with Crippen LogP contribution in [0.2, 0.25) is 25.7 Å². The van der Waals surface area contributed by atoms with Gasteiger partial charge in [0, 0.05) is 36.9 Å². The van der Waals surface area contributed by atoms with Gasteiger partial charge in [-0.25, -0.2) is 4.79 Å². The van der Waals surface area contributed by atoms with Gasteiger partial charge >= 0.3 is 5.97 Å². The maximum atomic E-state index is 12.9. The second-order valence-corrected chi connectivity index (χ2v) is 14.8. The average molecular weight is 398 g/mol. The molecule has 0 bridgehead atoms. The summed E-state index contributed by atoms with van der Waals surface area (Å²) in [5, 5.41) is 0. The molecule has 0 atom stereocenters. The predicted molar refractivity (Wildman–Crippen MR) is 117 cm³/mol. The molecule has 2 aromatic carbocycles. The summed E-state index contributed by atoms with van der Waals surface area (Å²) in [6.45, 7) is 9.37. The molecule has 0 radical (unpaired) electrons. The molecule has 0 fully saturated rings. The Morgan fingerprint density at radius 2 is 1.96 bits per heavy atom. The van der Waals surface area contributed by atoms with Crippen molar-refractivity contribution in [3.8, 4) is 0 Å². The van der Waals surface area contributed by atoms with E-state index in [-0.39, 0.29) is 5.97 Å². The lowest BCUT2D eigenvalue weighted by molar-refractivity contribution is 0.0523. The topological polar surface area (TPSA) is 38.7 Å². The molecule has 1 heterocycles. The minimum atomic E-state index is -1.23. The number of esters is 1. The van der Waals surface area contributed by atoms with E-state index in [1.165, 1.54) is 10.5 Å². The highest BCUT2D eigenvalue weighted by Gasteiger charge is 2.24. The molecule has 0 spiro atoms. The van der Waals surface area contributed by atoms with Crippen LogP contribution < -0.4 is 0 Å². The number of aliphatic imine (C=N–C) groups is 1. The molecule has 0 aliphatic carbocycles. The van der Waals surface area contributed by atoms with E-state index >= 15 is 0 Å². The van der Waals surface area contributed by atoms with E-state index in [1.807, 2.05) is 31.3 Å². The Hall–Kier alpha value is -1.85. The Morgan fingerprint density at radius 3 is 2.67 bits per heavy atom. The van der Waals surface area contributed by atoms with Crippen LogP contribution in [-0.4, -0.2) is 26.9 Å². The first-order valence-electron chi connectivity index (χ1n) is 9.38. The molecule has 1 aliphatic rings. The highest BCUT2D eigenvalue weighted by Crippen LogP contribution is 2.37. The summed E-state index contributed by atoms with van der Waals surface area (Å²) in [7, 11) is -1.23. The highest BCUT2D eigenvalue weighted by molar-refractivity contribution is 7.98. The fourth-order valence-electron chi connectivity index (χ4n) is 3.12. The number of thioether (sulfide) groups is 1. The van der Waals surface area contributed by atoms with Crippen molar-refractivity contribution in [2.45, 2.75) is 49.7 Å². The van der Waals surface area contributed by atoms with E-state index in [2.05, 4.69) is 42.8 Å². The Labute approximate surface area is 167 Å². The third-order valence-electron chi connectivity index (χ3n) is 4.62. The van der Waals surface area contributed by atoms with Gasteiger partial charge in [0.1, 0.15) is 0 Å². The molecule has 1 aliphatic heterocycles. The van der Waals surface area contributed by atoms with Crippen LogP contribution in [0.5, 0.6) is 0 Å². The lowest BCUT2D eigenvalue weighted by Gasteiger charge is -2.18. The van der Waals surface area contributed by atoms with Gasteiger partial charge in [0.05, 0.1) is 17.9 Å². The molecular weight excluding hydrogens is 370 g/mol. The maximum Gasteiger partial charge on any atom is 0.338 e. The van der Waals surface area contributed by atoms with Gasteiger partial charge in [-0.1, -0.05) is 43.9 Å². The molecule has 0 aromatic heterocycles. The molecular formula is C22H27NO2SSi. The van der Waals surface area contributed by atoms with E-state index in [0.29, 0.717) is 17.9 Å². The van der Waals surface area contributed by atoms with Crippen LogP contribution in [0.3, 0.4) is 0 Å². The monoisotopic (exact) mass is 397 g/mol. The van der Waals surface area contributed by atoms with Crippen molar-refractivity contribution in [3.05, 3.63) is 58.7 Å². The quantitative estimate of drug-likeness (QED) is 0.325. The molecule has 5 heteroatoms. The van der Waals surface area contributed by atoms with Crippen LogP contribution in [0.15, 0.2) is 46.3 Å². The van der Waals surface area contributed by atoms with Gasteiger partial charge in [0.2, 0.25) is 0 Å². The summed E-state index contributed by atoms with van der Waals surface area (Å²) >= 11 is 1.73. The number of benzene rings is 2. The summed E-state index contributed by atoms with van der Waals surface area (Å²) in [5.41, 5.74) is 4.86. The van der Waals surface area contributed by atoms with Crippen molar-refractivity contribution in [1.29, 1.82) is 0 Å². The van der Waals surface area contributed by atoms with Gasteiger partial charge < -0.3 is 4.74 Å². The van der Waals surface area contributed by atoms with Crippen LogP contribution in [0.4, 0.5) is 5.69 Å². The SMILES string of the molecule is Cc1cc2c(c(CSc3ccccc3)c1C(=O)OCC[Si](C)(C)C)N=CC2. The van der Waals surface area contributed by atoms with Crippen molar-refractivity contribution >= 4 is 37.7 Å². The fourth-order valence-corrected chi connectivity index (χ4v) is 4.78. The first kappa shape index (κ1) is 19.9. The number of hydrogen-bond acceptors (Lipinski definition) is 4. The molecule has 0 saturated carbocycles. The second-order valence-electron chi connectivity index (χ2n) is 8.12. The Balaban J connectivity index is 1.86. The van der Waals surface area contributed by atoms with E-state index in [0.717, 1.165) is 29.3 Å². The summed E-state index contributed by atoms with van der Waals surface area (Å²) in [5.74, 6) is 0.503. The fraction of sp³-hybridized carbons (Fsp3) is 0.364. The van der Waals surface area contributed by atoms with Gasteiger partial charge in [-0.2, -0.15) is 0 Å². The minimum absolute atomic E-state index is 0.209. The molecule has 2 aromatic rings. The van der Waals surface area contributed by atoms with Crippen molar-refractivity contribution in [3.63, 3.8) is 0 Å². The van der Waals surface area contributed by atoms with Crippen LogP contribution in [0.1, 0.15) is 27.0 Å². The van der Waals surface area contributed by atoms with Crippen molar-refractivity contribution < 1.29 is 9.53 Å². The molecule has 27 heavy (non-hydrogen) atoms. The molecule has 0 N–H and O–H groups in total. The lowest BCUT2D eigenvalue weighted by Crippen LogP contribution is -2.23. The Bertz CT molecular complexity index is 857. The number of carbonyl (C=O) groups is 1. The summed E-state index contributed by atoms with van der Waals surface area (Å²) in [4.78, 5) is 18.7. The third kappa shape index (κ3) is 5.11. The van der Waals surface area contributed by atoms with Gasteiger partial charge in [-0.15, -0.1) is 11.8 Å². The van der Waals surface area contributed by atoms with Crippen molar-refractivity contribution in [2.75, 3.05) is 6.61 Å². The number of aryl methyl sites for hydroxylation is 1. The van der Waals surface area contributed by atoms with Crippen LogP contribution in [0, 0.1) is 6.92 Å². The van der Waals surface area contributed by atoms with E-state index in [9.17, 15) is 4.79 Å². The zero-order valence-corrected chi connectivity index (χ0v) is 18.4. The number of rotatable bonds is 7. The van der Waals surface area contributed by atoms with Gasteiger partial charge in [-0.3, -0.25) is 4.99 Å². The van der Waals surface area contributed by atoms with Gasteiger partial charge in [-0.05, 0) is 36.2 Å². The molecule has 0 amide bonds. The first-order chi connectivity index (χ1) is 12.8. The second kappa shape index (κ2) is 8.44. The van der Waals surface area contributed by atoms with Gasteiger partial charge in [0.15, 0.2) is 0 Å². The molecule has 3 rings (SSSR count). The summed E-state index contributed by atoms with van der Waals surface area (Å²) < 4.78 is 5.67. The molecule has 0 unspecified atom stereocenters. The lowest BCUT2D eigenvalue weighted by atomic mass is 9.96. The van der Waals surface area contributed by atoms with E-state index < -0.39 is 8.07 Å². The minimum Gasteiger partial charge on any atom is -0.462 e. The standard InChI is InChI=1S/C22H27NO2SSi/c1-16-14-17-10-11-23-21(17)19(15-26-18-8-6-5-7-9-18)20(16)22(24)25-12-13-27(2,3)4/h5-9,11,14H,10,12-13,15H2,1-4H3. The number of carbonyl (C=O) groups excluding carboxylic acids is 1. The third-order valence-corrected chi connectivity index (χ3v) is 7.37. The molecule has 0 saturated heterocycles.